The summed E-state index contributed by atoms with van der Waals surface area (Å²) in [7, 11) is 0. The Morgan fingerprint density at radius 2 is 1.21 bits per heavy atom. The number of nitrogens with zero attached hydrogens (tertiary/aromatic N) is 4. The van der Waals surface area contributed by atoms with Gasteiger partial charge in [-0.15, -0.1) is 0 Å². The van der Waals surface area contributed by atoms with Crippen molar-refractivity contribution >= 4 is 60.3 Å². The molecular formula is C30H18N4. The molecule has 4 heterocycles. The summed E-state index contributed by atoms with van der Waals surface area (Å²) in [5, 5.41) is 6.10. The Hall–Kier alpha value is -4.70. The number of rotatable bonds is 1. The molecule has 0 unspecified atom stereocenters. The third-order valence-corrected chi connectivity index (χ3v) is 6.94. The summed E-state index contributed by atoms with van der Waals surface area (Å²) in [4.78, 5) is 9.54. The number of hydrogen-bond donors (Lipinski definition) is 0. The zero-order chi connectivity index (χ0) is 22.2. The normalized spacial score (nSPS) is 12.1. The molecule has 0 aliphatic heterocycles. The molecule has 4 heteroatoms. The highest BCUT2D eigenvalue weighted by Gasteiger charge is 2.20. The van der Waals surface area contributed by atoms with Crippen LogP contribution in [0.1, 0.15) is 0 Å². The van der Waals surface area contributed by atoms with Crippen LogP contribution in [0.3, 0.4) is 0 Å². The summed E-state index contributed by atoms with van der Waals surface area (Å²) in [6, 6.07) is 36.5. The number of imidazole rings is 1. The Kier molecular flexibility index (Phi) is 3.36. The summed E-state index contributed by atoms with van der Waals surface area (Å²) in [6.07, 6.45) is 1.81. The van der Waals surface area contributed by atoms with Crippen molar-refractivity contribution < 1.29 is 0 Å². The van der Waals surface area contributed by atoms with E-state index in [1.165, 1.54) is 32.6 Å². The van der Waals surface area contributed by atoms with Crippen molar-refractivity contribution in [3.05, 3.63) is 109 Å². The Balaban J connectivity index is 1.70. The molecule has 0 saturated carbocycles. The van der Waals surface area contributed by atoms with Gasteiger partial charge < -0.3 is 4.57 Å². The molecular weight excluding hydrogens is 416 g/mol. The molecule has 0 aliphatic rings. The maximum absolute atomic E-state index is 4.99. The van der Waals surface area contributed by atoms with E-state index in [1.54, 1.807) is 0 Å². The quantitative estimate of drug-likeness (QED) is 0.254. The highest BCUT2D eigenvalue weighted by molar-refractivity contribution is 6.30. The lowest BCUT2D eigenvalue weighted by molar-refractivity contribution is 1.18. The van der Waals surface area contributed by atoms with Gasteiger partial charge in [-0.2, -0.15) is 0 Å². The topological polar surface area (TPSA) is 35.1 Å². The van der Waals surface area contributed by atoms with Crippen LogP contribution in [0.25, 0.3) is 66.0 Å². The second-order valence-corrected chi connectivity index (χ2v) is 8.70. The van der Waals surface area contributed by atoms with Crippen LogP contribution in [0.4, 0.5) is 0 Å². The fraction of sp³-hybridized carbons (Fsp3) is 0. The molecule has 0 radical (unpaired) electrons. The third-order valence-electron chi connectivity index (χ3n) is 6.94. The van der Waals surface area contributed by atoms with Crippen LogP contribution in [0.15, 0.2) is 109 Å². The molecule has 8 aromatic rings. The van der Waals surface area contributed by atoms with Gasteiger partial charge >= 0.3 is 0 Å². The standard InChI is InChI=1S/C30H18N4/c1-2-9-19(10-3-1)33-23-13-6-5-12-21(23)28-25(33)17-16-22-27(28)20-11-4-7-14-24(20)34-26-15-8-18-31-29(26)32-30(22)34/h1-18H. The first-order valence-corrected chi connectivity index (χ1v) is 11.5. The second kappa shape index (κ2) is 6.42. The van der Waals surface area contributed by atoms with Gasteiger partial charge in [0.25, 0.3) is 0 Å². The smallest absolute Gasteiger partial charge is 0.178 e. The molecule has 4 nitrogen and oxygen atoms in total. The summed E-state index contributed by atoms with van der Waals surface area (Å²) in [6.45, 7) is 0. The van der Waals surface area contributed by atoms with Crippen LogP contribution in [-0.2, 0) is 0 Å². The number of fused-ring (bicyclic) bond motifs is 12. The number of aromatic nitrogens is 4. The average Bonchev–Trinajstić information content (AvgIpc) is 3.45. The Morgan fingerprint density at radius 1 is 0.500 bits per heavy atom. The molecule has 0 saturated heterocycles. The van der Waals surface area contributed by atoms with E-state index in [4.69, 9.17) is 4.98 Å². The summed E-state index contributed by atoms with van der Waals surface area (Å²) in [5.74, 6) is 0. The molecule has 4 aromatic carbocycles. The van der Waals surface area contributed by atoms with Gasteiger partial charge in [-0.25, -0.2) is 9.97 Å². The molecule has 0 aliphatic carbocycles. The molecule has 0 fully saturated rings. The molecule has 0 N–H and O–H groups in total. The Morgan fingerprint density at radius 3 is 2.06 bits per heavy atom. The fourth-order valence-electron chi connectivity index (χ4n) is 5.60. The first kappa shape index (κ1) is 17.8. The van der Waals surface area contributed by atoms with Crippen LogP contribution < -0.4 is 0 Å². The van der Waals surface area contributed by atoms with Crippen molar-refractivity contribution in [3.63, 3.8) is 0 Å². The minimum Gasteiger partial charge on any atom is -0.309 e. The lowest BCUT2D eigenvalue weighted by atomic mass is 10.00. The van der Waals surface area contributed by atoms with Crippen molar-refractivity contribution in [2.75, 3.05) is 0 Å². The maximum atomic E-state index is 4.99. The van der Waals surface area contributed by atoms with Crippen LogP contribution >= 0.6 is 0 Å². The van der Waals surface area contributed by atoms with Crippen molar-refractivity contribution in [1.82, 2.24) is 18.9 Å². The SMILES string of the molecule is c1ccc(-n2c3ccccc3c3c4c5ccccc5n5c6cccnc6nc5c4ccc32)cc1. The van der Waals surface area contributed by atoms with Gasteiger partial charge in [0.2, 0.25) is 0 Å². The van der Waals surface area contributed by atoms with Crippen LogP contribution in [-0.4, -0.2) is 18.9 Å². The van der Waals surface area contributed by atoms with Gasteiger partial charge in [-0.1, -0.05) is 54.6 Å². The van der Waals surface area contributed by atoms with Gasteiger partial charge in [0.15, 0.2) is 5.65 Å². The average molecular weight is 435 g/mol. The van der Waals surface area contributed by atoms with Gasteiger partial charge in [-0.05, 0) is 48.5 Å². The second-order valence-electron chi connectivity index (χ2n) is 8.70. The molecule has 0 bridgehead atoms. The van der Waals surface area contributed by atoms with Gasteiger partial charge in [0.05, 0.1) is 22.1 Å². The van der Waals surface area contributed by atoms with E-state index in [1.807, 2.05) is 12.3 Å². The molecule has 158 valence electrons. The number of hydrogen-bond acceptors (Lipinski definition) is 2. The summed E-state index contributed by atoms with van der Waals surface area (Å²) in [5.41, 5.74) is 7.45. The number of para-hydroxylation sites is 3. The fourth-order valence-corrected chi connectivity index (χ4v) is 5.60. The van der Waals surface area contributed by atoms with Gasteiger partial charge in [-0.3, -0.25) is 4.40 Å². The van der Waals surface area contributed by atoms with E-state index in [9.17, 15) is 0 Å². The van der Waals surface area contributed by atoms with E-state index in [-0.39, 0.29) is 0 Å². The third kappa shape index (κ3) is 2.17. The summed E-state index contributed by atoms with van der Waals surface area (Å²) < 4.78 is 4.62. The molecule has 0 atom stereocenters. The van der Waals surface area contributed by atoms with Crippen molar-refractivity contribution in [3.8, 4) is 5.69 Å². The van der Waals surface area contributed by atoms with Crippen LogP contribution in [0.5, 0.6) is 0 Å². The Bertz CT molecular complexity index is 2060. The molecule has 0 spiro atoms. The zero-order valence-electron chi connectivity index (χ0n) is 18.2. The van der Waals surface area contributed by atoms with E-state index in [0.29, 0.717) is 0 Å². The van der Waals surface area contributed by atoms with Crippen molar-refractivity contribution in [2.24, 2.45) is 0 Å². The van der Waals surface area contributed by atoms with E-state index in [2.05, 4.69) is 111 Å². The molecule has 8 rings (SSSR count). The largest absolute Gasteiger partial charge is 0.309 e. The van der Waals surface area contributed by atoms with Crippen LogP contribution in [0, 0.1) is 0 Å². The van der Waals surface area contributed by atoms with E-state index >= 15 is 0 Å². The van der Waals surface area contributed by atoms with Crippen molar-refractivity contribution in [2.45, 2.75) is 0 Å². The monoisotopic (exact) mass is 434 g/mol. The predicted molar refractivity (Wildman–Crippen MR) is 140 cm³/mol. The Labute approximate surface area is 194 Å². The number of pyridine rings is 2. The highest BCUT2D eigenvalue weighted by Crippen LogP contribution is 2.41. The number of benzene rings is 4. The van der Waals surface area contributed by atoms with Crippen LogP contribution in [0.2, 0.25) is 0 Å². The predicted octanol–water partition coefficient (Wildman–Crippen LogP) is 7.29. The highest BCUT2D eigenvalue weighted by atomic mass is 15.1. The molecule has 4 aromatic heterocycles. The lowest BCUT2D eigenvalue weighted by Crippen LogP contribution is -1.94. The lowest BCUT2D eigenvalue weighted by Gasteiger charge is -2.11. The maximum Gasteiger partial charge on any atom is 0.178 e. The minimum absolute atomic E-state index is 0.770. The van der Waals surface area contributed by atoms with Crippen molar-refractivity contribution in [1.29, 1.82) is 0 Å². The van der Waals surface area contributed by atoms with Gasteiger partial charge in [0, 0.05) is 38.8 Å². The summed E-state index contributed by atoms with van der Waals surface area (Å²) >= 11 is 0. The first-order chi connectivity index (χ1) is 16.9. The van der Waals surface area contributed by atoms with E-state index < -0.39 is 0 Å². The molecule has 34 heavy (non-hydrogen) atoms. The molecule has 0 amide bonds. The minimum atomic E-state index is 0.770. The van der Waals surface area contributed by atoms with Gasteiger partial charge in [0.1, 0.15) is 5.65 Å². The zero-order valence-corrected chi connectivity index (χ0v) is 18.2. The first-order valence-electron chi connectivity index (χ1n) is 11.5. The van der Waals surface area contributed by atoms with E-state index in [0.717, 1.165) is 33.4 Å².